The minimum Gasteiger partial charge on any atom is -0.476 e. The summed E-state index contributed by atoms with van der Waals surface area (Å²) in [5.74, 6) is 0.578. The quantitative estimate of drug-likeness (QED) is 0.816. The summed E-state index contributed by atoms with van der Waals surface area (Å²) in [5.41, 5.74) is 0.0132. The van der Waals surface area contributed by atoms with Gasteiger partial charge in [-0.05, 0) is 18.8 Å². The molecule has 1 aromatic rings. The Hall–Kier alpha value is -1.36. The van der Waals surface area contributed by atoms with Crippen LogP contribution in [0.3, 0.4) is 0 Å². The van der Waals surface area contributed by atoms with Crippen LogP contribution < -0.4 is 5.32 Å². The second-order valence-electron chi connectivity index (χ2n) is 4.99. The number of hydrogen-bond acceptors (Lipinski definition) is 4. The first-order valence-corrected chi connectivity index (χ1v) is 6.19. The van der Waals surface area contributed by atoms with Crippen LogP contribution in [0.4, 0.5) is 0 Å². The summed E-state index contributed by atoms with van der Waals surface area (Å²) in [6.45, 7) is 0.879. The van der Waals surface area contributed by atoms with E-state index in [4.69, 9.17) is 9.63 Å². The molecule has 3 rings (SSSR count). The van der Waals surface area contributed by atoms with E-state index in [9.17, 15) is 4.79 Å². The molecule has 2 N–H and O–H groups in total. The SMILES string of the molecule is O=C(O)c1cc(C2CNC3CCCCC32)on1. The first kappa shape index (κ1) is 10.8. The van der Waals surface area contributed by atoms with E-state index in [1.807, 2.05) is 0 Å². The number of carbonyl (C=O) groups is 1. The van der Waals surface area contributed by atoms with Gasteiger partial charge in [0.05, 0.1) is 0 Å². The summed E-state index contributed by atoms with van der Waals surface area (Å²) in [6, 6.07) is 2.15. The summed E-state index contributed by atoms with van der Waals surface area (Å²) < 4.78 is 5.19. The van der Waals surface area contributed by atoms with Gasteiger partial charge in [-0.2, -0.15) is 0 Å². The first-order valence-electron chi connectivity index (χ1n) is 6.19. The Balaban J connectivity index is 1.81. The molecular formula is C12H16N2O3. The highest BCUT2D eigenvalue weighted by atomic mass is 16.5. The first-order chi connectivity index (χ1) is 8.25. The molecule has 2 heterocycles. The lowest BCUT2D eigenvalue weighted by Gasteiger charge is -2.27. The summed E-state index contributed by atoms with van der Waals surface area (Å²) in [6.07, 6.45) is 4.98. The van der Waals surface area contributed by atoms with Gasteiger partial charge in [-0.3, -0.25) is 0 Å². The lowest BCUT2D eigenvalue weighted by atomic mass is 9.79. The van der Waals surface area contributed by atoms with E-state index in [1.165, 1.54) is 25.7 Å². The highest BCUT2D eigenvalue weighted by molar-refractivity contribution is 5.85. The maximum atomic E-state index is 10.8. The van der Waals surface area contributed by atoms with Gasteiger partial charge in [0.1, 0.15) is 5.76 Å². The number of aromatic nitrogens is 1. The molecule has 0 amide bonds. The van der Waals surface area contributed by atoms with Crippen LogP contribution in [0.25, 0.3) is 0 Å². The molecular weight excluding hydrogens is 220 g/mol. The van der Waals surface area contributed by atoms with E-state index >= 15 is 0 Å². The van der Waals surface area contributed by atoms with Gasteiger partial charge in [-0.25, -0.2) is 4.79 Å². The van der Waals surface area contributed by atoms with Gasteiger partial charge < -0.3 is 14.9 Å². The molecule has 92 valence electrons. The number of rotatable bonds is 2. The van der Waals surface area contributed by atoms with Gasteiger partial charge >= 0.3 is 5.97 Å². The van der Waals surface area contributed by atoms with Crippen LogP contribution in [0.15, 0.2) is 10.6 Å². The average Bonchev–Trinajstić information content (AvgIpc) is 2.95. The smallest absolute Gasteiger partial charge is 0.358 e. The molecule has 2 aliphatic rings. The molecule has 5 heteroatoms. The number of fused-ring (bicyclic) bond motifs is 1. The predicted octanol–water partition coefficient (Wildman–Crippen LogP) is 1.62. The molecule has 1 saturated heterocycles. The second-order valence-corrected chi connectivity index (χ2v) is 4.99. The zero-order chi connectivity index (χ0) is 11.8. The van der Waals surface area contributed by atoms with Crippen molar-refractivity contribution in [1.29, 1.82) is 0 Å². The zero-order valence-electron chi connectivity index (χ0n) is 9.56. The van der Waals surface area contributed by atoms with E-state index in [-0.39, 0.29) is 5.69 Å². The molecule has 5 nitrogen and oxygen atoms in total. The Morgan fingerprint density at radius 3 is 3.06 bits per heavy atom. The number of aromatic carboxylic acids is 1. The van der Waals surface area contributed by atoms with E-state index in [1.54, 1.807) is 6.07 Å². The van der Waals surface area contributed by atoms with Crippen molar-refractivity contribution in [2.75, 3.05) is 6.54 Å². The third-order valence-corrected chi connectivity index (χ3v) is 4.05. The van der Waals surface area contributed by atoms with Crippen molar-refractivity contribution < 1.29 is 14.4 Å². The molecule has 1 aromatic heterocycles. The van der Waals surface area contributed by atoms with Gasteiger partial charge in [-0.1, -0.05) is 18.0 Å². The van der Waals surface area contributed by atoms with E-state index < -0.39 is 5.97 Å². The van der Waals surface area contributed by atoms with Crippen molar-refractivity contribution in [3.05, 3.63) is 17.5 Å². The molecule has 1 aliphatic carbocycles. The monoisotopic (exact) mass is 236 g/mol. The topological polar surface area (TPSA) is 75.4 Å². The van der Waals surface area contributed by atoms with E-state index in [2.05, 4.69) is 10.5 Å². The van der Waals surface area contributed by atoms with Crippen LogP contribution in [-0.4, -0.2) is 28.8 Å². The van der Waals surface area contributed by atoms with Crippen LogP contribution >= 0.6 is 0 Å². The van der Waals surface area contributed by atoms with Crippen LogP contribution in [0, 0.1) is 5.92 Å². The molecule has 3 unspecified atom stereocenters. The molecule has 2 fully saturated rings. The van der Waals surface area contributed by atoms with E-state index in [0.717, 1.165) is 12.3 Å². The normalized spacial score (nSPS) is 32.4. The third kappa shape index (κ3) is 1.84. The number of carboxylic acid groups (broad SMARTS) is 1. The lowest BCUT2D eigenvalue weighted by Crippen LogP contribution is -2.29. The fourth-order valence-corrected chi connectivity index (χ4v) is 3.20. The Kier molecular flexibility index (Phi) is 2.63. The summed E-state index contributed by atoms with van der Waals surface area (Å²) in [7, 11) is 0. The van der Waals surface area contributed by atoms with Gasteiger partial charge in [0.2, 0.25) is 0 Å². The van der Waals surface area contributed by atoms with Crippen molar-refractivity contribution in [2.45, 2.75) is 37.6 Å². The van der Waals surface area contributed by atoms with Gasteiger partial charge in [0.15, 0.2) is 5.69 Å². The Labute approximate surface area is 99.2 Å². The minimum atomic E-state index is -1.02. The molecule has 0 aromatic carbocycles. The maximum absolute atomic E-state index is 10.8. The van der Waals surface area contributed by atoms with Gasteiger partial charge in [-0.15, -0.1) is 0 Å². The van der Waals surface area contributed by atoms with E-state index in [0.29, 0.717) is 17.9 Å². The second kappa shape index (κ2) is 4.14. The van der Waals surface area contributed by atoms with Gasteiger partial charge in [0, 0.05) is 24.6 Å². The fourth-order valence-electron chi connectivity index (χ4n) is 3.20. The molecule has 0 spiro atoms. The summed E-state index contributed by atoms with van der Waals surface area (Å²) >= 11 is 0. The summed E-state index contributed by atoms with van der Waals surface area (Å²) in [5, 5.41) is 15.9. The highest BCUT2D eigenvalue weighted by Crippen LogP contribution is 2.40. The Morgan fingerprint density at radius 2 is 2.29 bits per heavy atom. The van der Waals surface area contributed by atoms with Crippen molar-refractivity contribution in [2.24, 2.45) is 5.92 Å². The summed E-state index contributed by atoms with van der Waals surface area (Å²) in [4.78, 5) is 10.8. The van der Waals surface area contributed by atoms with Crippen molar-refractivity contribution in [3.63, 3.8) is 0 Å². The number of carboxylic acids is 1. The van der Waals surface area contributed by atoms with Crippen LogP contribution in [0.2, 0.25) is 0 Å². The molecule has 17 heavy (non-hydrogen) atoms. The minimum absolute atomic E-state index is 0.0132. The van der Waals surface area contributed by atoms with Gasteiger partial charge in [0.25, 0.3) is 0 Å². The number of nitrogens with zero attached hydrogens (tertiary/aromatic N) is 1. The standard InChI is InChI=1S/C12H16N2O3/c15-12(16)10-5-11(17-14-10)8-6-13-9-4-2-1-3-7(8)9/h5,7-9,13H,1-4,6H2,(H,15,16). The largest absolute Gasteiger partial charge is 0.476 e. The average molecular weight is 236 g/mol. The molecule has 3 atom stereocenters. The lowest BCUT2D eigenvalue weighted by molar-refractivity contribution is 0.0685. The molecule has 0 radical (unpaired) electrons. The Morgan fingerprint density at radius 1 is 1.47 bits per heavy atom. The number of nitrogens with one attached hydrogen (secondary N) is 1. The van der Waals surface area contributed by atoms with Crippen LogP contribution in [0.5, 0.6) is 0 Å². The molecule has 1 saturated carbocycles. The number of hydrogen-bond donors (Lipinski definition) is 2. The maximum Gasteiger partial charge on any atom is 0.358 e. The highest BCUT2D eigenvalue weighted by Gasteiger charge is 2.40. The fraction of sp³-hybridized carbons (Fsp3) is 0.667. The van der Waals surface area contributed by atoms with Crippen molar-refractivity contribution in [1.82, 2.24) is 10.5 Å². The van der Waals surface area contributed by atoms with Crippen LogP contribution in [-0.2, 0) is 0 Å². The predicted molar refractivity (Wildman–Crippen MR) is 60.0 cm³/mol. The molecule has 1 aliphatic heterocycles. The third-order valence-electron chi connectivity index (χ3n) is 4.05. The zero-order valence-corrected chi connectivity index (χ0v) is 9.56. The van der Waals surface area contributed by atoms with Crippen molar-refractivity contribution in [3.8, 4) is 0 Å². The van der Waals surface area contributed by atoms with Crippen LogP contribution in [0.1, 0.15) is 47.8 Å². The molecule has 0 bridgehead atoms. The van der Waals surface area contributed by atoms with Crippen molar-refractivity contribution >= 4 is 5.97 Å². The Bertz CT molecular complexity index is 429.